The van der Waals surface area contributed by atoms with Gasteiger partial charge in [0, 0.05) is 0 Å². The van der Waals surface area contributed by atoms with Gasteiger partial charge in [-0.1, -0.05) is 115 Å². The van der Waals surface area contributed by atoms with Gasteiger partial charge in [0.1, 0.15) is 5.75 Å². The zero-order valence-electron chi connectivity index (χ0n) is 21.5. The summed E-state index contributed by atoms with van der Waals surface area (Å²) in [6.07, 6.45) is 21.0. The van der Waals surface area contributed by atoms with Gasteiger partial charge in [0.05, 0.1) is 25.7 Å². The van der Waals surface area contributed by atoms with Crippen LogP contribution in [0.15, 0.2) is 24.3 Å². The third-order valence-corrected chi connectivity index (χ3v) is 6.20. The van der Waals surface area contributed by atoms with Crippen molar-refractivity contribution in [1.29, 1.82) is 0 Å². The summed E-state index contributed by atoms with van der Waals surface area (Å²) in [6, 6.07) is 7.34. The molecule has 0 amide bonds. The maximum Gasteiger partial charge on any atom is 0.308 e. The Morgan fingerprint density at radius 3 is 1.64 bits per heavy atom. The topological polar surface area (TPSA) is 55.8 Å². The SMILES string of the molecule is CCCCCCCCCCCCCCCCCCOc1ccc(C(O)CC(=O)OCC)cc1. The minimum atomic E-state index is -0.835. The molecule has 0 fully saturated rings. The van der Waals surface area contributed by atoms with Crippen LogP contribution in [0.3, 0.4) is 0 Å². The average molecular weight is 463 g/mol. The Hall–Kier alpha value is -1.55. The third-order valence-electron chi connectivity index (χ3n) is 6.20. The van der Waals surface area contributed by atoms with Crippen molar-refractivity contribution >= 4 is 5.97 Å². The number of ether oxygens (including phenoxy) is 2. The minimum absolute atomic E-state index is 0.0206. The molecule has 1 aromatic rings. The lowest BCUT2D eigenvalue weighted by Gasteiger charge is -2.11. The van der Waals surface area contributed by atoms with Gasteiger partial charge < -0.3 is 14.6 Å². The summed E-state index contributed by atoms with van der Waals surface area (Å²) >= 11 is 0. The van der Waals surface area contributed by atoms with E-state index >= 15 is 0 Å². The zero-order chi connectivity index (χ0) is 24.0. The highest BCUT2D eigenvalue weighted by Crippen LogP contribution is 2.21. The molecule has 190 valence electrons. The second kappa shape index (κ2) is 21.0. The molecule has 1 unspecified atom stereocenters. The summed E-state index contributed by atoms with van der Waals surface area (Å²) in [5, 5.41) is 10.1. The predicted molar refractivity (Wildman–Crippen MR) is 138 cm³/mol. The van der Waals surface area contributed by atoms with Crippen molar-refractivity contribution in [1.82, 2.24) is 0 Å². The standard InChI is InChI=1S/C29H50O4/c1-3-5-6-7-8-9-10-11-12-13-14-15-16-17-18-19-24-33-27-22-20-26(21-23-27)28(30)25-29(31)32-4-2/h20-23,28,30H,3-19,24-25H2,1-2H3. The van der Waals surface area contributed by atoms with Crippen LogP contribution in [0.2, 0.25) is 0 Å². The predicted octanol–water partition coefficient (Wildman–Crippen LogP) is 8.31. The first-order chi connectivity index (χ1) is 16.2. The summed E-state index contributed by atoms with van der Waals surface area (Å²) in [5.41, 5.74) is 0.706. The molecule has 0 saturated carbocycles. The Balaban J connectivity index is 1.91. The quantitative estimate of drug-likeness (QED) is 0.139. The van der Waals surface area contributed by atoms with Gasteiger partial charge in [0.15, 0.2) is 0 Å². The molecule has 0 aliphatic carbocycles. The smallest absolute Gasteiger partial charge is 0.308 e. The van der Waals surface area contributed by atoms with E-state index in [0.29, 0.717) is 12.2 Å². The number of esters is 1. The van der Waals surface area contributed by atoms with Gasteiger partial charge >= 0.3 is 5.97 Å². The van der Waals surface area contributed by atoms with E-state index < -0.39 is 6.10 Å². The van der Waals surface area contributed by atoms with Gasteiger partial charge in [-0.05, 0) is 31.0 Å². The summed E-state index contributed by atoms with van der Waals surface area (Å²) in [4.78, 5) is 11.5. The number of unbranched alkanes of at least 4 members (excludes halogenated alkanes) is 15. The Morgan fingerprint density at radius 1 is 0.727 bits per heavy atom. The second-order valence-corrected chi connectivity index (χ2v) is 9.25. The number of benzene rings is 1. The molecule has 0 radical (unpaired) electrons. The van der Waals surface area contributed by atoms with E-state index in [2.05, 4.69) is 6.92 Å². The molecule has 0 aliphatic rings. The minimum Gasteiger partial charge on any atom is -0.494 e. The molecule has 0 spiro atoms. The second-order valence-electron chi connectivity index (χ2n) is 9.25. The normalized spacial score (nSPS) is 12.0. The molecule has 4 heteroatoms. The van der Waals surface area contributed by atoms with Crippen molar-refractivity contribution in [3.8, 4) is 5.75 Å². The number of hydrogen-bond donors (Lipinski definition) is 1. The fourth-order valence-electron chi connectivity index (χ4n) is 4.12. The summed E-state index contributed by atoms with van der Waals surface area (Å²) in [7, 11) is 0. The Morgan fingerprint density at radius 2 is 1.18 bits per heavy atom. The number of rotatable bonds is 22. The van der Waals surface area contributed by atoms with Gasteiger partial charge in [-0.25, -0.2) is 0 Å². The molecule has 0 saturated heterocycles. The van der Waals surface area contributed by atoms with Gasteiger partial charge in [-0.2, -0.15) is 0 Å². The van der Waals surface area contributed by atoms with Gasteiger partial charge in [-0.3, -0.25) is 4.79 Å². The number of aliphatic hydroxyl groups is 1. The van der Waals surface area contributed by atoms with E-state index in [4.69, 9.17) is 9.47 Å². The highest BCUT2D eigenvalue weighted by Gasteiger charge is 2.13. The highest BCUT2D eigenvalue weighted by molar-refractivity contribution is 5.70. The van der Waals surface area contributed by atoms with Crippen molar-refractivity contribution in [2.75, 3.05) is 13.2 Å². The maximum absolute atomic E-state index is 11.5. The first-order valence-corrected chi connectivity index (χ1v) is 13.7. The lowest BCUT2D eigenvalue weighted by molar-refractivity contribution is -0.145. The Bertz CT molecular complexity index is 569. The van der Waals surface area contributed by atoms with Gasteiger partial charge in [0.25, 0.3) is 0 Å². The van der Waals surface area contributed by atoms with Crippen molar-refractivity contribution in [2.24, 2.45) is 0 Å². The molecule has 4 nitrogen and oxygen atoms in total. The largest absolute Gasteiger partial charge is 0.494 e. The van der Waals surface area contributed by atoms with E-state index in [1.807, 2.05) is 24.3 Å². The molecule has 0 heterocycles. The van der Waals surface area contributed by atoms with E-state index in [1.165, 1.54) is 96.3 Å². The molecule has 0 bridgehead atoms. The van der Waals surface area contributed by atoms with Crippen LogP contribution in [0, 0.1) is 0 Å². The molecule has 33 heavy (non-hydrogen) atoms. The van der Waals surface area contributed by atoms with Crippen LogP contribution in [0.25, 0.3) is 0 Å². The van der Waals surface area contributed by atoms with Crippen LogP contribution >= 0.6 is 0 Å². The van der Waals surface area contributed by atoms with Gasteiger partial charge in [0.2, 0.25) is 0 Å². The number of hydrogen-bond acceptors (Lipinski definition) is 4. The third kappa shape index (κ3) is 16.7. The van der Waals surface area contributed by atoms with Crippen molar-refractivity contribution in [3.63, 3.8) is 0 Å². The van der Waals surface area contributed by atoms with Crippen LogP contribution in [0.1, 0.15) is 135 Å². The molecule has 1 aromatic carbocycles. The average Bonchev–Trinajstić information content (AvgIpc) is 2.81. The van der Waals surface area contributed by atoms with E-state index in [1.54, 1.807) is 6.92 Å². The Labute approximate surface area is 203 Å². The first kappa shape index (κ1) is 29.5. The summed E-state index contributed by atoms with van der Waals surface area (Å²) in [5.74, 6) is 0.428. The van der Waals surface area contributed by atoms with Crippen LogP contribution < -0.4 is 4.74 Å². The molecule has 1 N–H and O–H groups in total. The molecule has 0 aromatic heterocycles. The van der Waals surface area contributed by atoms with Crippen LogP contribution in [0.4, 0.5) is 0 Å². The lowest BCUT2D eigenvalue weighted by atomic mass is 10.0. The fourth-order valence-corrected chi connectivity index (χ4v) is 4.12. The maximum atomic E-state index is 11.5. The fraction of sp³-hybridized carbons (Fsp3) is 0.759. The van der Waals surface area contributed by atoms with E-state index in [0.717, 1.165) is 18.8 Å². The molecular formula is C29H50O4. The molecule has 0 aliphatic heterocycles. The number of carbonyl (C=O) groups excluding carboxylic acids is 1. The van der Waals surface area contributed by atoms with Crippen molar-refractivity contribution in [2.45, 2.75) is 129 Å². The number of carbonyl (C=O) groups is 1. The Kier molecular flexibility index (Phi) is 18.8. The van der Waals surface area contributed by atoms with Crippen LogP contribution in [-0.2, 0) is 9.53 Å². The monoisotopic (exact) mass is 462 g/mol. The van der Waals surface area contributed by atoms with Crippen molar-refractivity contribution in [3.05, 3.63) is 29.8 Å². The number of aliphatic hydroxyl groups excluding tert-OH is 1. The van der Waals surface area contributed by atoms with E-state index in [9.17, 15) is 9.90 Å². The van der Waals surface area contributed by atoms with Gasteiger partial charge in [-0.15, -0.1) is 0 Å². The zero-order valence-corrected chi connectivity index (χ0v) is 21.5. The van der Waals surface area contributed by atoms with Crippen LogP contribution in [0.5, 0.6) is 5.75 Å². The van der Waals surface area contributed by atoms with E-state index in [-0.39, 0.29) is 12.4 Å². The summed E-state index contributed by atoms with van der Waals surface area (Å²) in [6.45, 7) is 5.10. The first-order valence-electron chi connectivity index (χ1n) is 13.7. The van der Waals surface area contributed by atoms with Crippen LogP contribution in [-0.4, -0.2) is 24.3 Å². The summed E-state index contributed by atoms with van der Waals surface area (Å²) < 4.78 is 10.7. The molecule has 1 atom stereocenters. The highest BCUT2D eigenvalue weighted by atomic mass is 16.5. The molecular weight excluding hydrogens is 412 g/mol. The molecule has 1 rings (SSSR count). The lowest BCUT2D eigenvalue weighted by Crippen LogP contribution is -2.10. The van der Waals surface area contributed by atoms with Crippen molar-refractivity contribution < 1.29 is 19.4 Å².